The van der Waals surface area contributed by atoms with Gasteiger partial charge in [0.1, 0.15) is 6.54 Å². The number of aryl methyl sites for hydroxylation is 1. The van der Waals surface area contributed by atoms with Gasteiger partial charge in [0, 0.05) is 18.6 Å². The summed E-state index contributed by atoms with van der Waals surface area (Å²) in [4.78, 5) is 40.6. The van der Waals surface area contributed by atoms with Crippen molar-refractivity contribution in [2.45, 2.75) is 13.5 Å². The van der Waals surface area contributed by atoms with Gasteiger partial charge >= 0.3 is 5.69 Å². The number of aromatic nitrogens is 4. The van der Waals surface area contributed by atoms with Gasteiger partial charge in [-0.1, -0.05) is 28.1 Å². The Hall–Kier alpha value is -3.01. The SMILES string of the molecule is CC(=NNC(=O)Cn1cnc2c1c(=O)n(C)c(=O)n2C)c1ccc(Br)cc1. The molecule has 0 radical (unpaired) electrons. The lowest BCUT2D eigenvalue weighted by atomic mass is 10.1. The Bertz CT molecular complexity index is 1170. The summed E-state index contributed by atoms with van der Waals surface area (Å²) in [6.07, 6.45) is 1.36. The molecule has 3 aromatic rings. The topological polar surface area (TPSA) is 103 Å². The van der Waals surface area contributed by atoms with Crippen LogP contribution in [0.1, 0.15) is 12.5 Å². The van der Waals surface area contributed by atoms with E-state index in [2.05, 4.69) is 31.4 Å². The van der Waals surface area contributed by atoms with Crippen LogP contribution in [0.4, 0.5) is 0 Å². The Labute approximate surface area is 162 Å². The maximum Gasteiger partial charge on any atom is 0.332 e. The second-order valence-electron chi connectivity index (χ2n) is 5.99. The Morgan fingerprint density at radius 3 is 2.52 bits per heavy atom. The zero-order valence-electron chi connectivity index (χ0n) is 14.9. The molecular formula is C17H17BrN6O3. The molecule has 0 saturated heterocycles. The molecule has 1 N–H and O–H groups in total. The third kappa shape index (κ3) is 3.61. The van der Waals surface area contributed by atoms with Crippen LogP contribution >= 0.6 is 15.9 Å². The van der Waals surface area contributed by atoms with Crippen molar-refractivity contribution in [1.29, 1.82) is 0 Å². The molecule has 2 heterocycles. The van der Waals surface area contributed by atoms with Crippen molar-refractivity contribution in [2.75, 3.05) is 0 Å². The van der Waals surface area contributed by atoms with E-state index >= 15 is 0 Å². The molecule has 0 atom stereocenters. The number of hydrogen-bond donors (Lipinski definition) is 1. The summed E-state index contributed by atoms with van der Waals surface area (Å²) in [6, 6.07) is 7.52. The van der Waals surface area contributed by atoms with E-state index in [-0.39, 0.29) is 17.7 Å². The molecule has 0 aliphatic rings. The third-order valence-electron chi connectivity index (χ3n) is 4.14. The molecule has 0 unspecified atom stereocenters. The predicted molar refractivity (Wildman–Crippen MR) is 105 cm³/mol. The molecule has 140 valence electrons. The lowest BCUT2D eigenvalue weighted by molar-refractivity contribution is -0.121. The van der Waals surface area contributed by atoms with Crippen LogP contribution < -0.4 is 16.7 Å². The number of hydrogen-bond acceptors (Lipinski definition) is 5. The number of amides is 1. The first-order chi connectivity index (χ1) is 12.8. The first-order valence-corrected chi connectivity index (χ1v) is 8.79. The number of carbonyl (C=O) groups is 1. The molecule has 0 fully saturated rings. The largest absolute Gasteiger partial charge is 0.332 e. The lowest BCUT2D eigenvalue weighted by Gasteiger charge is -2.06. The number of halogens is 1. The van der Waals surface area contributed by atoms with E-state index in [4.69, 9.17) is 0 Å². The van der Waals surface area contributed by atoms with E-state index in [0.717, 1.165) is 14.6 Å². The molecule has 10 heteroatoms. The Morgan fingerprint density at radius 1 is 1.19 bits per heavy atom. The average molecular weight is 433 g/mol. The van der Waals surface area contributed by atoms with Crippen molar-refractivity contribution >= 4 is 38.7 Å². The summed E-state index contributed by atoms with van der Waals surface area (Å²) in [7, 11) is 2.90. The lowest BCUT2D eigenvalue weighted by Crippen LogP contribution is -2.38. The van der Waals surface area contributed by atoms with Crippen molar-refractivity contribution in [3.05, 3.63) is 61.5 Å². The maximum atomic E-state index is 12.4. The zero-order chi connectivity index (χ0) is 19.7. The van der Waals surface area contributed by atoms with E-state index in [1.807, 2.05) is 24.3 Å². The highest BCUT2D eigenvalue weighted by atomic mass is 79.9. The van der Waals surface area contributed by atoms with Crippen LogP contribution in [0.2, 0.25) is 0 Å². The van der Waals surface area contributed by atoms with Gasteiger partial charge in [-0.15, -0.1) is 0 Å². The molecule has 9 nitrogen and oxygen atoms in total. The fourth-order valence-electron chi connectivity index (χ4n) is 2.61. The summed E-state index contributed by atoms with van der Waals surface area (Å²) < 4.78 is 4.60. The molecule has 3 rings (SSSR count). The van der Waals surface area contributed by atoms with E-state index in [1.54, 1.807) is 6.92 Å². The van der Waals surface area contributed by atoms with Crippen molar-refractivity contribution < 1.29 is 4.79 Å². The van der Waals surface area contributed by atoms with Crippen LogP contribution in [0.3, 0.4) is 0 Å². The molecule has 0 aliphatic carbocycles. The van der Waals surface area contributed by atoms with Gasteiger partial charge in [0.05, 0.1) is 12.0 Å². The molecule has 0 saturated carbocycles. The minimum atomic E-state index is -0.507. The average Bonchev–Trinajstić information content (AvgIpc) is 3.07. The minimum absolute atomic E-state index is 0.152. The van der Waals surface area contributed by atoms with Crippen LogP contribution in [0, 0.1) is 0 Å². The van der Waals surface area contributed by atoms with Gasteiger partial charge in [0.15, 0.2) is 11.2 Å². The fraction of sp³-hybridized carbons (Fsp3) is 0.235. The first-order valence-electron chi connectivity index (χ1n) is 7.99. The van der Waals surface area contributed by atoms with Crippen molar-refractivity contribution in [3.63, 3.8) is 0 Å². The summed E-state index contributed by atoms with van der Waals surface area (Å²) in [5, 5.41) is 4.09. The van der Waals surface area contributed by atoms with Gasteiger partial charge in [-0.2, -0.15) is 5.10 Å². The molecule has 2 aromatic heterocycles. The summed E-state index contributed by atoms with van der Waals surface area (Å²) in [5.41, 5.74) is 3.41. The van der Waals surface area contributed by atoms with Crippen LogP contribution in [-0.4, -0.2) is 30.3 Å². The number of nitrogens with one attached hydrogen (secondary N) is 1. The number of rotatable bonds is 4. The van der Waals surface area contributed by atoms with Crippen molar-refractivity contribution in [2.24, 2.45) is 19.2 Å². The first kappa shape index (κ1) is 18.8. The molecule has 27 heavy (non-hydrogen) atoms. The zero-order valence-corrected chi connectivity index (χ0v) is 16.5. The Morgan fingerprint density at radius 2 is 1.85 bits per heavy atom. The number of nitrogens with zero attached hydrogens (tertiary/aromatic N) is 5. The number of benzene rings is 1. The van der Waals surface area contributed by atoms with Gasteiger partial charge in [-0.25, -0.2) is 15.2 Å². The number of carbonyl (C=O) groups excluding carboxylic acids is 1. The number of imidazole rings is 1. The van der Waals surface area contributed by atoms with Crippen molar-refractivity contribution in [3.8, 4) is 0 Å². The molecule has 1 amide bonds. The predicted octanol–water partition coefficient (Wildman–Crippen LogP) is 0.737. The van der Waals surface area contributed by atoms with E-state index in [0.29, 0.717) is 5.71 Å². The maximum absolute atomic E-state index is 12.4. The fourth-order valence-corrected chi connectivity index (χ4v) is 2.87. The molecule has 0 bridgehead atoms. The standard InChI is InChI=1S/C17H17BrN6O3/c1-10(11-4-6-12(18)7-5-11)20-21-13(25)8-24-9-19-15-14(24)16(26)23(3)17(27)22(15)2/h4-7,9H,8H2,1-3H3,(H,21,25). The quantitative estimate of drug-likeness (QED) is 0.484. The second-order valence-corrected chi connectivity index (χ2v) is 6.91. The van der Waals surface area contributed by atoms with E-state index in [1.165, 1.54) is 29.6 Å². The Kier molecular flexibility index (Phi) is 5.08. The summed E-state index contributed by atoms with van der Waals surface area (Å²) in [6.45, 7) is 1.63. The van der Waals surface area contributed by atoms with Crippen LogP contribution in [0.15, 0.2) is 49.8 Å². The summed E-state index contributed by atoms with van der Waals surface area (Å²) in [5.74, 6) is -0.415. The number of hydrazone groups is 1. The van der Waals surface area contributed by atoms with E-state index < -0.39 is 17.2 Å². The van der Waals surface area contributed by atoms with Gasteiger partial charge in [0.2, 0.25) is 0 Å². The Balaban J connectivity index is 1.83. The van der Waals surface area contributed by atoms with Gasteiger partial charge in [-0.3, -0.25) is 18.7 Å². The number of fused-ring (bicyclic) bond motifs is 1. The van der Waals surface area contributed by atoms with Crippen LogP contribution in [0.25, 0.3) is 11.2 Å². The third-order valence-corrected chi connectivity index (χ3v) is 4.67. The van der Waals surface area contributed by atoms with Crippen LogP contribution in [0.5, 0.6) is 0 Å². The van der Waals surface area contributed by atoms with Crippen LogP contribution in [-0.2, 0) is 25.4 Å². The normalized spacial score (nSPS) is 11.8. The van der Waals surface area contributed by atoms with E-state index in [9.17, 15) is 14.4 Å². The van der Waals surface area contributed by atoms with Gasteiger partial charge < -0.3 is 4.57 Å². The molecule has 1 aromatic carbocycles. The monoisotopic (exact) mass is 432 g/mol. The highest BCUT2D eigenvalue weighted by Gasteiger charge is 2.15. The van der Waals surface area contributed by atoms with Crippen molar-refractivity contribution in [1.82, 2.24) is 24.1 Å². The highest BCUT2D eigenvalue weighted by molar-refractivity contribution is 9.10. The molecular weight excluding hydrogens is 416 g/mol. The smallest absolute Gasteiger partial charge is 0.315 e. The second kappa shape index (κ2) is 7.31. The molecule has 0 spiro atoms. The van der Waals surface area contributed by atoms with Gasteiger partial charge in [0.25, 0.3) is 11.5 Å². The van der Waals surface area contributed by atoms with Gasteiger partial charge in [-0.05, 0) is 24.6 Å². The minimum Gasteiger partial charge on any atom is -0.315 e. The molecule has 0 aliphatic heterocycles. The summed E-state index contributed by atoms with van der Waals surface area (Å²) >= 11 is 3.36. The highest BCUT2D eigenvalue weighted by Crippen LogP contribution is 2.11.